The largest absolute Gasteiger partial charge is 0.374 e. The van der Waals surface area contributed by atoms with E-state index >= 15 is 0 Å². The molecule has 2 aromatic rings. The van der Waals surface area contributed by atoms with Crippen LogP contribution in [0.15, 0.2) is 48.5 Å². The molecular formula is C16H17Cl2N. The Morgan fingerprint density at radius 1 is 1.00 bits per heavy atom. The van der Waals surface area contributed by atoms with Gasteiger partial charge in [-0.05, 0) is 24.1 Å². The number of alkyl halides is 1. The molecule has 0 N–H and O–H groups in total. The Labute approximate surface area is 124 Å². The van der Waals surface area contributed by atoms with Gasteiger partial charge in [-0.25, -0.2) is 0 Å². The van der Waals surface area contributed by atoms with Crippen LogP contribution in [0.2, 0.25) is 5.02 Å². The Hall–Kier alpha value is -1.18. The third kappa shape index (κ3) is 3.65. The summed E-state index contributed by atoms with van der Waals surface area (Å²) in [6.45, 7) is 0.939. The lowest BCUT2D eigenvalue weighted by Crippen LogP contribution is -2.21. The van der Waals surface area contributed by atoms with Crippen LogP contribution in [0.5, 0.6) is 0 Å². The molecule has 0 unspecified atom stereocenters. The van der Waals surface area contributed by atoms with Gasteiger partial charge in [0, 0.05) is 29.9 Å². The molecule has 0 aliphatic carbocycles. The fraction of sp³-hybridized carbons (Fsp3) is 0.250. The molecule has 0 aromatic heterocycles. The average Bonchev–Trinajstić information content (AvgIpc) is 2.45. The first kappa shape index (κ1) is 14.2. The molecular weight excluding hydrogens is 277 g/mol. The van der Waals surface area contributed by atoms with Crippen LogP contribution >= 0.6 is 23.2 Å². The zero-order valence-corrected chi connectivity index (χ0v) is 12.5. The summed E-state index contributed by atoms with van der Waals surface area (Å²) in [5.74, 6) is 0.435. The Morgan fingerprint density at radius 2 is 1.74 bits per heavy atom. The highest BCUT2D eigenvalue weighted by Crippen LogP contribution is 2.28. The van der Waals surface area contributed by atoms with Crippen molar-refractivity contribution in [3.05, 3.63) is 64.7 Å². The molecule has 3 heteroatoms. The molecule has 1 nitrogen and oxygen atoms in total. The monoisotopic (exact) mass is 293 g/mol. The van der Waals surface area contributed by atoms with Crippen LogP contribution in [0, 0.1) is 0 Å². The maximum absolute atomic E-state index is 6.18. The maximum atomic E-state index is 6.18. The summed E-state index contributed by atoms with van der Waals surface area (Å²) in [5.41, 5.74) is 3.45. The van der Waals surface area contributed by atoms with Crippen molar-refractivity contribution in [2.75, 3.05) is 18.5 Å². The van der Waals surface area contributed by atoms with Gasteiger partial charge >= 0.3 is 0 Å². The topological polar surface area (TPSA) is 3.24 Å². The maximum Gasteiger partial charge on any atom is 0.0509 e. The lowest BCUT2D eigenvalue weighted by Gasteiger charge is -2.22. The lowest BCUT2D eigenvalue weighted by molar-refractivity contribution is 0.872. The molecule has 0 aliphatic heterocycles. The van der Waals surface area contributed by atoms with Gasteiger partial charge in [0.05, 0.1) is 5.88 Å². The van der Waals surface area contributed by atoms with E-state index in [9.17, 15) is 0 Å². The summed E-state index contributed by atoms with van der Waals surface area (Å²) >= 11 is 12.2. The van der Waals surface area contributed by atoms with Gasteiger partial charge in [-0.1, -0.05) is 48.0 Å². The fourth-order valence-electron chi connectivity index (χ4n) is 2.10. The van der Waals surface area contributed by atoms with Crippen LogP contribution in [0.1, 0.15) is 11.1 Å². The van der Waals surface area contributed by atoms with Gasteiger partial charge in [0.1, 0.15) is 0 Å². The molecule has 0 radical (unpaired) electrons. The number of anilines is 1. The second-order valence-electron chi connectivity index (χ2n) is 4.53. The molecule has 0 saturated heterocycles. The van der Waals surface area contributed by atoms with Crippen molar-refractivity contribution in [3.63, 3.8) is 0 Å². The lowest BCUT2D eigenvalue weighted by atomic mass is 10.1. The van der Waals surface area contributed by atoms with E-state index in [2.05, 4.69) is 42.3 Å². The van der Waals surface area contributed by atoms with Crippen LogP contribution < -0.4 is 4.90 Å². The van der Waals surface area contributed by atoms with Crippen molar-refractivity contribution in [2.45, 2.75) is 12.3 Å². The highest BCUT2D eigenvalue weighted by Gasteiger charge is 2.09. The van der Waals surface area contributed by atoms with E-state index in [4.69, 9.17) is 23.2 Å². The van der Waals surface area contributed by atoms with Gasteiger partial charge in [0.2, 0.25) is 0 Å². The second-order valence-corrected chi connectivity index (χ2v) is 5.20. The standard InChI is InChI=1S/C16H17Cl2N/c1-19(11-10-13-6-3-2-4-7-13)16-9-5-8-15(18)14(16)12-17/h2-9H,10-12H2,1H3. The van der Waals surface area contributed by atoms with E-state index in [-0.39, 0.29) is 0 Å². The predicted molar refractivity (Wildman–Crippen MR) is 84.4 cm³/mol. The fourth-order valence-corrected chi connectivity index (χ4v) is 2.68. The summed E-state index contributed by atoms with van der Waals surface area (Å²) in [6.07, 6.45) is 1.01. The Bertz CT molecular complexity index is 526. The van der Waals surface area contributed by atoms with Crippen LogP contribution in [-0.2, 0) is 12.3 Å². The van der Waals surface area contributed by atoms with Crippen LogP contribution in [0.3, 0.4) is 0 Å². The van der Waals surface area contributed by atoms with Gasteiger partial charge in [0.15, 0.2) is 0 Å². The van der Waals surface area contributed by atoms with Crippen LogP contribution in [0.4, 0.5) is 5.69 Å². The highest BCUT2D eigenvalue weighted by molar-refractivity contribution is 6.32. The molecule has 0 bridgehead atoms. The molecule has 0 fully saturated rings. The Balaban J connectivity index is 2.08. The van der Waals surface area contributed by atoms with Gasteiger partial charge in [0.25, 0.3) is 0 Å². The summed E-state index contributed by atoms with van der Waals surface area (Å²) in [6, 6.07) is 16.4. The first-order valence-electron chi connectivity index (χ1n) is 6.31. The smallest absolute Gasteiger partial charge is 0.0509 e. The van der Waals surface area contributed by atoms with Gasteiger partial charge in [-0.15, -0.1) is 11.6 Å². The Morgan fingerprint density at radius 3 is 2.42 bits per heavy atom. The van der Waals surface area contributed by atoms with E-state index in [1.165, 1.54) is 5.56 Å². The molecule has 0 heterocycles. The minimum atomic E-state index is 0.435. The average molecular weight is 294 g/mol. The minimum Gasteiger partial charge on any atom is -0.374 e. The van der Waals surface area contributed by atoms with Crippen molar-refractivity contribution in [3.8, 4) is 0 Å². The van der Waals surface area contributed by atoms with Gasteiger partial charge in [-0.2, -0.15) is 0 Å². The summed E-state index contributed by atoms with van der Waals surface area (Å²) < 4.78 is 0. The molecule has 100 valence electrons. The van der Waals surface area contributed by atoms with E-state index in [1.807, 2.05) is 18.2 Å². The highest BCUT2D eigenvalue weighted by atomic mass is 35.5. The molecule has 0 atom stereocenters. The number of halogens is 2. The number of benzene rings is 2. The number of likely N-dealkylation sites (N-methyl/N-ethyl adjacent to an activating group) is 1. The zero-order valence-electron chi connectivity index (χ0n) is 10.9. The second kappa shape index (κ2) is 6.83. The van der Waals surface area contributed by atoms with Crippen molar-refractivity contribution in [1.82, 2.24) is 0 Å². The van der Waals surface area contributed by atoms with Crippen LogP contribution in [-0.4, -0.2) is 13.6 Å². The molecule has 0 saturated carbocycles. The molecule has 19 heavy (non-hydrogen) atoms. The van der Waals surface area contributed by atoms with Gasteiger partial charge in [-0.3, -0.25) is 0 Å². The van der Waals surface area contributed by atoms with Gasteiger partial charge < -0.3 is 4.90 Å². The summed E-state index contributed by atoms with van der Waals surface area (Å²) in [5, 5.41) is 0.735. The quantitative estimate of drug-likeness (QED) is 0.719. The van der Waals surface area contributed by atoms with E-state index in [0.717, 1.165) is 29.2 Å². The first-order valence-corrected chi connectivity index (χ1v) is 7.22. The summed E-state index contributed by atoms with van der Waals surface area (Å²) in [4.78, 5) is 2.20. The molecule has 2 aromatic carbocycles. The van der Waals surface area contributed by atoms with Crippen molar-refractivity contribution in [2.24, 2.45) is 0 Å². The first-order chi connectivity index (χ1) is 9.22. The number of hydrogen-bond acceptors (Lipinski definition) is 1. The van der Waals surface area contributed by atoms with E-state index in [1.54, 1.807) is 0 Å². The number of nitrogens with zero attached hydrogens (tertiary/aromatic N) is 1. The third-order valence-electron chi connectivity index (χ3n) is 3.22. The van der Waals surface area contributed by atoms with Crippen molar-refractivity contribution < 1.29 is 0 Å². The number of hydrogen-bond donors (Lipinski definition) is 0. The number of rotatable bonds is 5. The normalized spacial score (nSPS) is 10.5. The Kier molecular flexibility index (Phi) is 5.12. The molecule has 0 aliphatic rings. The van der Waals surface area contributed by atoms with Crippen LogP contribution in [0.25, 0.3) is 0 Å². The zero-order chi connectivity index (χ0) is 13.7. The molecule has 0 amide bonds. The summed E-state index contributed by atoms with van der Waals surface area (Å²) in [7, 11) is 2.07. The van der Waals surface area contributed by atoms with Crippen molar-refractivity contribution in [1.29, 1.82) is 0 Å². The molecule has 0 spiro atoms. The SMILES string of the molecule is CN(CCc1ccccc1)c1cccc(Cl)c1CCl. The van der Waals surface area contributed by atoms with Crippen molar-refractivity contribution >= 4 is 28.9 Å². The van der Waals surface area contributed by atoms with E-state index < -0.39 is 0 Å². The minimum absolute atomic E-state index is 0.435. The molecule has 2 rings (SSSR count). The third-order valence-corrected chi connectivity index (χ3v) is 3.84. The predicted octanol–water partition coefficient (Wildman–Crippen LogP) is 4.76. The van der Waals surface area contributed by atoms with E-state index in [0.29, 0.717) is 5.88 Å².